The molecule has 1 aliphatic heterocycles. The lowest BCUT2D eigenvalue weighted by molar-refractivity contribution is -0.128. The largest absolute Gasteiger partial charge is 0.478 e. The molecular weight excluding hydrogens is 242 g/mol. The molecule has 1 unspecified atom stereocenters. The van der Waals surface area contributed by atoms with Crippen LogP contribution in [0.2, 0.25) is 0 Å². The number of aromatic carboxylic acids is 1. The maximum absolute atomic E-state index is 11.8. The van der Waals surface area contributed by atoms with Crippen LogP contribution in [0.5, 0.6) is 0 Å². The molecule has 0 bridgehead atoms. The summed E-state index contributed by atoms with van der Waals surface area (Å²) in [6.45, 7) is 2.83. The molecule has 0 saturated carbocycles. The monoisotopic (exact) mass is 261 g/mol. The fourth-order valence-electron chi connectivity index (χ4n) is 2.59. The van der Waals surface area contributed by atoms with Gasteiger partial charge in [0.15, 0.2) is 0 Å². The highest BCUT2D eigenvalue weighted by Gasteiger charge is 2.28. The molecule has 1 aliphatic rings. The van der Waals surface area contributed by atoms with E-state index in [1.165, 1.54) is 0 Å². The zero-order chi connectivity index (χ0) is 13.8. The van der Waals surface area contributed by atoms with Crippen LogP contribution in [-0.2, 0) is 11.2 Å². The Kier molecular flexibility index (Phi) is 4.20. The van der Waals surface area contributed by atoms with Crippen LogP contribution in [0.25, 0.3) is 0 Å². The quantitative estimate of drug-likeness (QED) is 0.885. The average molecular weight is 261 g/mol. The van der Waals surface area contributed by atoms with Crippen molar-refractivity contribution in [3.05, 3.63) is 35.4 Å². The molecule has 1 amide bonds. The van der Waals surface area contributed by atoms with Gasteiger partial charge in [-0.2, -0.15) is 0 Å². The first kappa shape index (κ1) is 13.6. The van der Waals surface area contributed by atoms with E-state index in [0.717, 1.165) is 31.4 Å². The molecule has 1 aromatic carbocycles. The highest BCUT2D eigenvalue weighted by atomic mass is 16.4. The number of carbonyl (C=O) groups is 2. The van der Waals surface area contributed by atoms with Crippen LogP contribution >= 0.6 is 0 Å². The second-order valence-electron chi connectivity index (χ2n) is 4.94. The van der Waals surface area contributed by atoms with Gasteiger partial charge in [-0.3, -0.25) is 4.79 Å². The molecular formula is C15H19NO3. The lowest BCUT2D eigenvalue weighted by Crippen LogP contribution is -2.34. The Morgan fingerprint density at radius 3 is 2.63 bits per heavy atom. The van der Waals surface area contributed by atoms with Gasteiger partial charge >= 0.3 is 5.97 Å². The summed E-state index contributed by atoms with van der Waals surface area (Å²) < 4.78 is 0. The number of likely N-dealkylation sites (tertiary alicyclic amines) is 1. The number of nitrogens with zero attached hydrogens (tertiary/aromatic N) is 1. The van der Waals surface area contributed by atoms with Gasteiger partial charge in [0.1, 0.15) is 0 Å². The van der Waals surface area contributed by atoms with Crippen LogP contribution < -0.4 is 0 Å². The molecule has 1 aromatic rings. The van der Waals surface area contributed by atoms with Crippen LogP contribution in [0.4, 0.5) is 0 Å². The summed E-state index contributed by atoms with van der Waals surface area (Å²) in [5.41, 5.74) is 1.37. The average Bonchev–Trinajstić information content (AvgIpc) is 2.77. The van der Waals surface area contributed by atoms with Crippen LogP contribution in [0.3, 0.4) is 0 Å². The zero-order valence-corrected chi connectivity index (χ0v) is 11.1. The van der Waals surface area contributed by atoms with E-state index in [2.05, 4.69) is 6.92 Å². The van der Waals surface area contributed by atoms with Gasteiger partial charge in [-0.1, -0.05) is 19.1 Å². The molecule has 4 heteroatoms. The van der Waals surface area contributed by atoms with Gasteiger partial charge in [-0.15, -0.1) is 0 Å². The highest BCUT2D eigenvalue weighted by Crippen LogP contribution is 2.21. The predicted octanol–water partition coefficient (Wildman–Crippen LogP) is 2.33. The number of carboxylic acids is 1. The smallest absolute Gasteiger partial charge is 0.335 e. The number of rotatable bonds is 5. The molecule has 2 rings (SSSR count). The second kappa shape index (κ2) is 5.87. The summed E-state index contributed by atoms with van der Waals surface area (Å²) in [7, 11) is 0. The molecule has 1 N–H and O–H groups in total. The van der Waals surface area contributed by atoms with E-state index in [1.807, 2.05) is 17.0 Å². The third-order valence-corrected chi connectivity index (χ3v) is 3.77. The lowest BCUT2D eigenvalue weighted by Gasteiger charge is -2.23. The van der Waals surface area contributed by atoms with Crippen LogP contribution in [0.1, 0.15) is 42.1 Å². The Bertz CT molecular complexity index is 467. The number of benzene rings is 1. The third-order valence-electron chi connectivity index (χ3n) is 3.77. The molecule has 19 heavy (non-hydrogen) atoms. The van der Waals surface area contributed by atoms with Gasteiger partial charge in [-0.25, -0.2) is 4.79 Å². The van der Waals surface area contributed by atoms with Crippen molar-refractivity contribution < 1.29 is 14.7 Å². The fourth-order valence-corrected chi connectivity index (χ4v) is 2.59. The van der Waals surface area contributed by atoms with Crippen molar-refractivity contribution in [1.82, 2.24) is 4.90 Å². The standard InChI is InChI=1S/C15H19NO3/c1-2-13-7-8-14(17)16(13)10-9-11-3-5-12(6-4-11)15(18)19/h3-6,13H,2,7-10H2,1H3,(H,18,19). The minimum atomic E-state index is -0.910. The molecule has 102 valence electrons. The van der Waals surface area contributed by atoms with E-state index in [-0.39, 0.29) is 5.91 Å². The van der Waals surface area contributed by atoms with Crippen molar-refractivity contribution in [2.45, 2.75) is 38.6 Å². The molecule has 1 fully saturated rings. The Morgan fingerprint density at radius 2 is 2.05 bits per heavy atom. The normalized spacial score (nSPS) is 18.9. The van der Waals surface area contributed by atoms with Crippen molar-refractivity contribution in [3.63, 3.8) is 0 Å². The van der Waals surface area contributed by atoms with E-state index < -0.39 is 5.97 Å². The molecule has 4 nitrogen and oxygen atoms in total. The van der Waals surface area contributed by atoms with Crippen LogP contribution in [0.15, 0.2) is 24.3 Å². The van der Waals surface area contributed by atoms with Gasteiger partial charge in [0.25, 0.3) is 0 Å². The lowest BCUT2D eigenvalue weighted by atomic mass is 10.1. The summed E-state index contributed by atoms with van der Waals surface area (Å²) in [6, 6.07) is 7.25. The third kappa shape index (κ3) is 3.13. The first-order chi connectivity index (χ1) is 9.11. The second-order valence-corrected chi connectivity index (χ2v) is 4.94. The predicted molar refractivity (Wildman–Crippen MR) is 72.1 cm³/mol. The molecule has 1 atom stereocenters. The van der Waals surface area contributed by atoms with Crippen molar-refractivity contribution in [1.29, 1.82) is 0 Å². The van der Waals surface area contributed by atoms with E-state index in [1.54, 1.807) is 12.1 Å². The Hall–Kier alpha value is -1.84. The summed E-state index contributed by atoms with van der Waals surface area (Å²) >= 11 is 0. The molecule has 0 radical (unpaired) electrons. The van der Waals surface area contributed by atoms with Gasteiger partial charge in [0.2, 0.25) is 5.91 Å². The minimum absolute atomic E-state index is 0.244. The first-order valence-electron chi connectivity index (χ1n) is 6.73. The van der Waals surface area contributed by atoms with Gasteiger partial charge < -0.3 is 10.0 Å². The molecule has 0 aliphatic carbocycles. The van der Waals surface area contributed by atoms with Gasteiger partial charge in [0, 0.05) is 19.0 Å². The SMILES string of the molecule is CCC1CCC(=O)N1CCc1ccc(C(=O)O)cc1. The van der Waals surface area contributed by atoms with E-state index in [4.69, 9.17) is 5.11 Å². The summed E-state index contributed by atoms with van der Waals surface area (Å²) in [4.78, 5) is 24.5. The molecule has 0 spiro atoms. The topological polar surface area (TPSA) is 57.6 Å². The van der Waals surface area contributed by atoms with Crippen molar-refractivity contribution in [2.75, 3.05) is 6.54 Å². The molecule has 1 saturated heterocycles. The maximum Gasteiger partial charge on any atom is 0.335 e. The number of hydrogen-bond donors (Lipinski definition) is 1. The fraction of sp³-hybridized carbons (Fsp3) is 0.467. The number of carboxylic acid groups (broad SMARTS) is 1. The van der Waals surface area contributed by atoms with Gasteiger partial charge in [-0.05, 0) is 37.0 Å². The summed E-state index contributed by atoms with van der Waals surface area (Å²) in [5.74, 6) is -0.665. The van der Waals surface area contributed by atoms with Crippen molar-refractivity contribution in [2.24, 2.45) is 0 Å². The van der Waals surface area contributed by atoms with E-state index >= 15 is 0 Å². The first-order valence-corrected chi connectivity index (χ1v) is 6.73. The summed E-state index contributed by atoms with van der Waals surface area (Å²) in [5, 5.41) is 8.83. The summed E-state index contributed by atoms with van der Waals surface area (Å²) in [6.07, 6.45) is 3.41. The molecule has 1 heterocycles. The Labute approximate surface area is 113 Å². The van der Waals surface area contributed by atoms with Crippen molar-refractivity contribution >= 4 is 11.9 Å². The van der Waals surface area contributed by atoms with Crippen molar-refractivity contribution in [3.8, 4) is 0 Å². The Balaban J connectivity index is 1.94. The number of carbonyl (C=O) groups excluding carboxylic acids is 1. The minimum Gasteiger partial charge on any atom is -0.478 e. The van der Waals surface area contributed by atoms with E-state index in [9.17, 15) is 9.59 Å². The molecule has 0 aromatic heterocycles. The highest BCUT2D eigenvalue weighted by molar-refractivity contribution is 5.87. The van der Waals surface area contributed by atoms with Gasteiger partial charge in [0.05, 0.1) is 5.56 Å². The van der Waals surface area contributed by atoms with E-state index in [0.29, 0.717) is 18.0 Å². The van der Waals surface area contributed by atoms with Crippen LogP contribution in [-0.4, -0.2) is 34.5 Å². The van der Waals surface area contributed by atoms with Crippen LogP contribution in [0, 0.1) is 0 Å². The number of amides is 1. The zero-order valence-electron chi connectivity index (χ0n) is 11.1. The Morgan fingerprint density at radius 1 is 1.37 bits per heavy atom. The number of hydrogen-bond acceptors (Lipinski definition) is 2. The maximum atomic E-state index is 11.8.